The Morgan fingerprint density at radius 1 is 1.48 bits per heavy atom. The predicted octanol–water partition coefficient (Wildman–Crippen LogP) is 2.96. The minimum Gasteiger partial charge on any atom is -0.355 e. The van der Waals surface area contributed by atoms with Gasteiger partial charge in [-0.05, 0) is 46.0 Å². The van der Waals surface area contributed by atoms with Crippen LogP contribution < -0.4 is 5.32 Å². The molecular weight excluding hydrogens is 284 g/mol. The number of nitrogens with one attached hydrogen (secondary N) is 1. The minimum atomic E-state index is 0.0646. The molecule has 1 N–H and O–H groups in total. The molecule has 1 heterocycles. The highest BCUT2D eigenvalue weighted by Gasteiger charge is 2.10. The number of rotatable bonds is 7. The second-order valence-corrected chi connectivity index (χ2v) is 6.55. The third-order valence-corrected chi connectivity index (χ3v) is 4.54. The van der Waals surface area contributed by atoms with E-state index in [-0.39, 0.29) is 5.91 Å². The van der Waals surface area contributed by atoms with Gasteiger partial charge in [0.05, 0.1) is 5.75 Å². The van der Waals surface area contributed by atoms with Gasteiger partial charge in [0, 0.05) is 12.6 Å². The minimum absolute atomic E-state index is 0.0646. The van der Waals surface area contributed by atoms with Crippen molar-refractivity contribution in [3.63, 3.8) is 0 Å². The molecule has 0 aromatic carbocycles. The van der Waals surface area contributed by atoms with Crippen LogP contribution in [0, 0.1) is 0 Å². The zero-order chi connectivity index (χ0) is 15.1. The van der Waals surface area contributed by atoms with E-state index in [9.17, 15) is 4.79 Å². The molecule has 1 amide bonds. The molecule has 0 atom stereocenters. The van der Waals surface area contributed by atoms with Gasteiger partial charge >= 0.3 is 0 Å². The van der Waals surface area contributed by atoms with Gasteiger partial charge in [0.25, 0.3) is 0 Å². The zero-order valence-electron chi connectivity index (χ0n) is 12.8. The van der Waals surface area contributed by atoms with Crippen LogP contribution in [0.15, 0.2) is 23.1 Å². The maximum absolute atomic E-state index is 11.9. The van der Waals surface area contributed by atoms with E-state index >= 15 is 0 Å². The molecule has 0 aliphatic heterocycles. The van der Waals surface area contributed by atoms with Crippen molar-refractivity contribution in [2.75, 3.05) is 12.3 Å². The molecule has 1 aliphatic rings. The largest absolute Gasteiger partial charge is 0.355 e. The topological polar surface area (TPSA) is 59.8 Å². The molecule has 0 unspecified atom stereocenters. The van der Waals surface area contributed by atoms with Crippen molar-refractivity contribution >= 4 is 17.7 Å². The van der Waals surface area contributed by atoms with Crippen molar-refractivity contribution in [3.05, 3.63) is 18.0 Å². The van der Waals surface area contributed by atoms with E-state index in [0.29, 0.717) is 11.8 Å². The molecule has 1 aliphatic carbocycles. The lowest BCUT2D eigenvalue weighted by molar-refractivity contribution is -0.118. The monoisotopic (exact) mass is 308 g/mol. The van der Waals surface area contributed by atoms with Gasteiger partial charge in [-0.2, -0.15) is 0 Å². The average molecular weight is 308 g/mol. The Bertz CT molecular complexity index is 496. The number of thioether (sulfide) groups is 1. The Morgan fingerprint density at radius 3 is 3.05 bits per heavy atom. The van der Waals surface area contributed by atoms with E-state index in [1.807, 2.05) is 4.57 Å². The lowest BCUT2D eigenvalue weighted by Crippen LogP contribution is -2.26. The summed E-state index contributed by atoms with van der Waals surface area (Å²) >= 11 is 1.44. The molecule has 0 fully saturated rings. The van der Waals surface area contributed by atoms with Gasteiger partial charge in [0.15, 0.2) is 5.16 Å². The fourth-order valence-corrected chi connectivity index (χ4v) is 3.24. The fraction of sp³-hybridized carbons (Fsp3) is 0.667. The third kappa shape index (κ3) is 5.19. The number of hydrogen-bond donors (Lipinski definition) is 1. The maximum atomic E-state index is 11.9. The number of carbonyl (C=O) groups excluding carboxylic acids is 1. The zero-order valence-corrected chi connectivity index (χ0v) is 13.7. The molecule has 1 aromatic rings. The molecule has 0 radical (unpaired) electrons. The quantitative estimate of drug-likeness (QED) is 0.621. The van der Waals surface area contributed by atoms with Gasteiger partial charge < -0.3 is 9.88 Å². The molecule has 0 saturated carbocycles. The highest BCUT2D eigenvalue weighted by atomic mass is 32.2. The standard InChI is InChI=1S/C15H24N4OS/c1-12(2)19-11-17-18-15(19)21-10-14(20)16-9-8-13-6-4-3-5-7-13/h6,11-12H,3-5,7-10H2,1-2H3,(H,16,20). The van der Waals surface area contributed by atoms with Gasteiger partial charge in [0.1, 0.15) is 6.33 Å². The van der Waals surface area contributed by atoms with Crippen molar-refractivity contribution in [2.45, 2.75) is 57.1 Å². The van der Waals surface area contributed by atoms with E-state index in [1.54, 1.807) is 6.33 Å². The van der Waals surface area contributed by atoms with E-state index < -0.39 is 0 Å². The molecule has 2 rings (SSSR count). The number of carbonyl (C=O) groups is 1. The summed E-state index contributed by atoms with van der Waals surface area (Å²) in [6, 6.07) is 0.309. The summed E-state index contributed by atoms with van der Waals surface area (Å²) in [5, 5.41) is 11.7. The summed E-state index contributed by atoms with van der Waals surface area (Å²) in [6.45, 7) is 4.89. The molecule has 1 aromatic heterocycles. The first-order valence-corrected chi connectivity index (χ1v) is 8.62. The summed E-state index contributed by atoms with van der Waals surface area (Å²) in [7, 11) is 0. The van der Waals surface area contributed by atoms with Gasteiger partial charge in [-0.1, -0.05) is 23.4 Å². The van der Waals surface area contributed by atoms with Crippen LogP contribution in [0.3, 0.4) is 0 Å². The molecule has 0 saturated heterocycles. The second-order valence-electron chi connectivity index (χ2n) is 5.61. The van der Waals surface area contributed by atoms with Gasteiger partial charge in [-0.3, -0.25) is 4.79 Å². The smallest absolute Gasteiger partial charge is 0.230 e. The Balaban J connectivity index is 1.67. The summed E-state index contributed by atoms with van der Waals surface area (Å²) in [5.41, 5.74) is 1.49. The predicted molar refractivity (Wildman–Crippen MR) is 85.3 cm³/mol. The van der Waals surface area contributed by atoms with Gasteiger partial charge in [-0.25, -0.2) is 0 Å². The van der Waals surface area contributed by atoms with Crippen LogP contribution in [-0.2, 0) is 4.79 Å². The van der Waals surface area contributed by atoms with Crippen LogP contribution >= 0.6 is 11.8 Å². The van der Waals surface area contributed by atoms with E-state index in [0.717, 1.165) is 18.1 Å². The highest BCUT2D eigenvalue weighted by molar-refractivity contribution is 7.99. The first-order chi connectivity index (χ1) is 10.2. The van der Waals surface area contributed by atoms with E-state index in [4.69, 9.17) is 0 Å². The molecule has 116 valence electrons. The summed E-state index contributed by atoms with van der Waals surface area (Å²) in [4.78, 5) is 11.9. The Hall–Kier alpha value is -1.30. The first-order valence-electron chi connectivity index (χ1n) is 7.63. The molecule has 21 heavy (non-hydrogen) atoms. The Kier molecular flexibility index (Phi) is 6.29. The highest BCUT2D eigenvalue weighted by Crippen LogP contribution is 2.20. The van der Waals surface area contributed by atoms with Crippen molar-refractivity contribution in [3.8, 4) is 0 Å². The molecular formula is C15H24N4OS. The van der Waals surface area contributed by atoms with Crippen molar-refractivity contribution in [2.24, 2.45) is 0 Å². The Labute approximate surface area is 130 Å². The van der Waals surface area contributed by atoms with Crippen LogP contribution in [0.1, 0.15) is 52.0 Å². The van der Waals surface area contributed by atoms with Crippen LogP contribution in [0.5, 0.6) is 0 Å². The van der Waals surface area contributed by atoms with Gasteiger partial charge in [0.2, 0.25) is 5.91 Å². The van der Waals surface area contributed by atoms with Crippen LogP contribution in [0.4, 0.5) is 0 Å². The lowest BCUT2D eigenvalue weighted by atomic mass is 9.97. The number of nitrogens with zero attached hydrogens (tertiary/aromatic N) is 3. The van der Waals surface area contributed by atoms with Crippen LogP contribution in [-0.4, -0.2) is 33.0 Å². The second kappa shape index (κ2) is 8.22. The average Bonchev–Trinajstić information content (AvgIpc) is 2.95. The molecule has 0 spiro atoms. The van der Waals surface area contributed by atoms with Crippen molar-refractivity contribution in [1.29, 1.82) is 0 Å². The van der Waals surface area contributed by atoms with Crippen LogP contribution in [0.2, 0.25) is 0 Å². The summed E-state index contributed by atoms with van der Waals surface area (Å²) < 4.78 is 1.98. The fourth-order valence-electron chi connectivity index (χ4n) is 2.36. The van der Waals surface area contributed by atoms with Crippen molar-refractivity contribution < 1.29 is 4.79 Å². The van der Waals surface area contributed by atoms with Crippen molar-refractivity contribution in [1.82, 2.24) is 20.1 Å². The molecule has 5 nitrogen and oxygen atoms in total. The third-order valence-electron chi connectivity index (χ3n) is 3.58. The first kappa shape index (κ1) is 16.1. The molecule has 0 bridgehead atoms. The van der Waals surface area contributed by atoms with E-state index in [1.165, 1.54) is 43.0 Å². The van der Waals surface area contributed by atoms with Crippen LogP contribution in [0.25, 0.3) is 0 Å². The van der Waals surface area contributed by atoms with Gasteiger partial charge in [-0.15, -0.1) is 10.2 Å². The molecule has 6 heteroatoms. The SMILES string of the molecule is CC(C)n1cnnc1SCC(=O)NCCC1=CCCCC1. The number of aromatic nitrogens is 3. The maximum Gasteiger partial charge on any atom is 0.230 e. The number of allylic oxidation sites excluding steroid dienone is 1. The summed E-state index contributed by atoms with van der Waals surface area (Å²) in [5.74, 6) is 0.458. The number of amides is 1. The lowest BCUT2D eigenvalue weighted by Gasteiger charge is -2.13. The van der Waals surface area contributed by atoms with E-state index in [2.05, 4.69) is 35.4 Å². The normalized spacial score (nSPS) is 15.1. The number of hydrogen-bond acceptors (Lipinski definition) is 4. The Morgan fingerprint density at radius 2 is 2.33 bits per heavy atom. The summed E-state index contributed by atoms with van der Waals surface area (Å²) in [6.07, 6.45) is 10.0.